The zero-order chi connectivity index (χ0) is 14.9. The van der Waals surface area contributed by atoms with Crippen molar-refractivity contribution in [2.75, 3.05) is 7.11 Å². The number of hydrogen-bond acceptors (Lipinski definition) is 4. The molecule has 0 spiro atoms. The van der Waals surface area contributed by atoms with Gasteiger partial charge in [0.05, 0.1) is 13.2 Å². The van der Waals surface area contributed by atoms with Crippen LogP contribution in [-0.2, 0) is 4.84 Å². The van der Waals surface area contributed by atoms with Crippen molar-refractivity contribution in [1.82, 2.24) is 5.48 Å². The Morgan fingerprint density at radius 1 is 1.19 bits per heavy atom. The first-order chi connectivity index (χ1) is 10.1. The van der Waals surface area contributed by atoms with E-state index < -0.39 is 5.79 Å². The third-order valence-electron chi connectivity index (χ3n) is 5.27. The van der Waals surface area contributed by atoms with E-state index in [2.05, 4.69) is 12.4 Å². The predicted octanol–water partition coefficient (Wildman–Crippen LogP) is 3.32. The van der Waals surface area contributed by atoms with E-state index in [0.717, 1.165) is 24.2 Å². The Labute approximate surface area is 126 Å². The van der Waals surface area contributed by atoms with Crippen LogP contribution in [0.3, 0.4) is 0 Å². The molecule has 0 bridgehead atoms. The average molecular weight is 291 g/mol. The van der Waals surface area contributed by atoms with Crippen LogP contribution in [0.25, 0.3) is 0 Å². The molecule has 1 saturated carbocycles. The fraction of sp³-hybridized carbons (Fsp3) is 0.647. The highest BCUT2D eigenvalue weighted by Gasteiger charge is 2.53. The highest BCUT2D eigenvalue weighted by Crippen LogP contribution is 2.50. The summed E-state index contributed by atoms with van der Waals surface area (Å²) >= 11 is 0. The summed E-state index contributed by atoms with van der Waals surface area (Å²) in [6.45, 7) is 2.16. The summed E-state index contributed by atoms with van der Waals surface area (Å²) in [7, 11) is 1.66. The van der Waals surface area contributed by atoms with Crippen molar-refractivity contribution in [3.63, 3.8) is 0 Å². The van der Waals surface area contributed by atoms with Gasteiger partial charge in [0.25, 0.3) is 0 Å². The van der Waals surface area contributed by atoms with Gasteiger partial charge in [0.15, 0.2) is 5.79 Å². The minimum absolute atomic E-state index is 0.0275. The lowest BCUT2D eigenvalue weighted by molar-refractivity contribution is -0.273. The van der Waals surface area contributed by atoms with Crippen LogP contribution in [0.5, 0.6) is 5.75 Å². The van der Waals surface area contributed by atoms with E-state index in [1.54, 1.807) is 7.11 Å². The monoisotopic (exact) mass is 291 g/mol. The van der Waals surface area contributed by atoms with Crippen molar-refractivity contribution in [3.8, 4) is 5.75 Å². The molecule has 1 aromatic carbocycles. The molecule has 1 heterocycles. The topological polar surface area (TPSA) is 50.7 Å². The molecule has 2 aliphatic rings. The molecule has 1 aliphatic heterocycles. The predicted molar refractivity (Wildman–Crippen MR) is 80.7 cm³/mol. The fourth-order valence-corrected chi connectivity index (χ4v) is 3.64. The smallest absolute Gasteiger partial charge is 0.192 e. The Morgan fingerprint density at radius 3 is 2.48 bits per heavy atom. The molecule has 2 N–H and O–H groups in total. The lowest BCUT2D eigenvalue weighted by Gasteiger charge is -2.43. The Hall–Kier alpha value is -1.10. The molecule has 0 amide bonds. The van der Waals surface area contributed by atoms with Crippen molar-refractivity contribution in [3.05, 3.63) is 29.8 Å². The number of hydrogen-bond donors (Lipinski definition) is 2. The summed E-state index contributed by atoms with van der Waals surface area (Å²) < 4.78 is 5.18. The number of nitrogens with one attached hydrogen (secondary N) is 1. The molecule has 1 saturated heterocycles. The van der Waals surface area contributed by atoms with Crippen molar-refractivity contribution in [2.45, 2.75) is 57.3 Å². The van der Waals surface area contributed by atoms with Gasteiger partial charge in [-0.05, 0) is 30.5 Å². The van der Waals surface area contributed by atoms with Crippen LogP contribution in [0.1, 0.15) is 57.1 Å². The third kappa shape index (κ3) is 2.68. The van der Waals surface area contributed by atoms with E-state index in [1.807, 2.05) is 24.3 Å². The number of benzene rings is 1. The van der Waals surface area contributed by atoms with Gasteiger partial charge in [0, 0.05) is 11.8 Å². The Morgan fingerprint density at radius 2 is 1.86 bits per heavy atom. The molecule has 4 nitrogen and oxygen atoms in total. The SMILES string of the molecule is COc1ccc([C@@H]2C[C@](O)(C3(C)CCCCC3)ON2)cc1. The molecule has 0 radical (unpaired) electrons. The normalized spacial score (nSPS) is 32.0. The van der Waals surface area contributed by atoms with Crippen molar-refractivity contribution >= 4 is 0 Å². The van der Waals surface area contributed by atoms with Crippen LogP contribution in [0.2, 0.25) is 0 Å². The van der Waals surface area contributed by atoms with Crippen LogP contribution in [0, 0.1) is 5.41 Å². The highest BCUT2D eigenvalue weighted by atomic mass is 16.8. The van der Waals surface area contributed by atoms with Crippen LogP contribution >= 0.6 is 0 Å². The zero-order valence-electron chi connectivity index (χ0n) is 12.9. The van der Waals surface area contributed by atoms with Crippen LogP contribution in [0.4, 0.5) is 0 Å². The minimum Gasteiger partial charge on any atom is -0.497 e. The zero-order valence-corrected chi connectivity index (χ0v) is 12.9. The number of rotatable bonds is 3. The van der Waals surface area contributed by atoms with Gasteiger partial charge in [-0.25, -0.2) is 0 Å². The number of hydroxylamine groups is 1. The summed E-state index contributed by atoms with van der Waals surface area (Å²) in [5.74, 6) is -0.231. The Bertz CT molecular complexity index is 481. The van der Waals surface area contributed by atoms with Gasteiger partial charge in [-0.15, -0.1) is 0 Å². The number of methoxy groups -OCH3 is 1. The van der Waals surface area contributed by atoms with Crippen molar-refractivity contribution in [2.24, 2.45) is 5.41 Å². The van der Waals surface area contributed by atoms with Crippen molar-refractivity contribution in [1.29, 1.82) is 0 Å². The van der Waals surface area contributed by atoms with Gasteiger partial charge in [-0.2, -0.15) is 5.48 Å². The van der Waals surface area contributed by atoms with Crippen LogP contribution in [-0.4, -0.2) is 18.0 Å². The van der Waals surface area contributed by atoms with E-state index in [9.17, 15) is 5.11 Å². The molecule has 0 aromatic heterocycles. The standard InChI is InChI=1S/C17H25NO3/c1-16(10-4-3-5-11-16)17(19)12-15(18-21-17)13-6-8-14(20-2)9-7-13/h6-9,15,18-19H,3-5,10-12H2,1-2H3/t15-,17+/m0/s1. The summed E-state index contributed by atoms with van der Waals surface area (Å²) in [6, 6.07) is 7.96. The number of ether oxygens (including phenoxy) is 1. The van der Waals surface area contributed by atoms with Gasteiger partial charge in [-0.3, -0.25) is 4.84 Å². The van der Waals surface area contributed by atoms with Crippen LogP contribution < -0.4 is 10.2 Å². The summed E-state index contributed by atoms with van der Waals surface area (Å²) in [6.07, 6.45) is 6.27. The maximum absolute atomic E-state index is 11.0. The minimum atomic E-state index is -1.07. The largest absolute Gasteiger partial charge is 0.497 e. The van der Waals surface area contributed by atoms with E-state index in [4.69, 9.17) is 9.57 Å². The Kier molecular flexibility index (Phi) is 3.95. The molecule has 21 heavy (non-hydrogen) atoms. The quantitative estimate of drug-likeness (QED) is 0.897. The molecular formula is C17H25NO3. The first-order valence-corrected chi connectivity index (χ1v) is 7.86. The average Bonchev–Trinajstić information content (AvgIpc) is 2.92. The first-order valence-electron chi connectivity index (χ1n) is 7.86. The third-order valence-corrected chi connectivity index (χ3v) is 5.27. The van der Waals surface area contributed by atoms with E-state index in [1.165, 1.54) is 19.3 Å². The first kappa shape index (κ1) is 14.8. The van der Waals surface area contributed by atoms with Gasteiger partial charge in [0.2, 0.25) is 0 Å². The van der Waals surface area contributed by atoms with Crippen molar-refractivity contribution < 1.29 is 14.7 Å². The molecular weight excluding hydrogens is 266 g/mol. The maximum Gasteiger partial charge on any atom is 0.192 e. The summed E-state index contributed by atoms with van der Waals surface area (Å²) in [5.41, 5.74) is 4.00. The molecule has 3 rings (SSSR count). The molecule has 2 atom stereocenters. The Balaban J connectivity index is 1.74. The van der Waals surface area contributed by atoms with E-state index >= 15 is 0 Å². The molecule has 2 fully saturated rings. The van der Waals surface area contributed by atoms with Crippen LogP contribution in [0.15, 0.2) is 24.3 Å². The fourth-order valence-electron chi connectivity index (χ4n) is 3.64. The highest BCUT2D eigenvalue weighted by molar-refractivity contribution is 5.29. The molecule has 1 aliphatic carbocycles. The van der Waals surface area contributed by atoms with Gasteiger partial charge < -0.3 is 9.84 Å². The molecule has 0 unspecified atom stereocenters. The van der Waals surface area contributed by atoms with Gasteiger partial charge in [0.1, 0.15) is 5.75 Å². The lowest BCUT2D eigenvalue weighted by atomic mass is 9.68. The number of aliphatic hydroxyl groups is 1. The van der Waals surface area contributed by atoms with E-state index in [0.29, 0.717) is 6.42 Å². The molecule has 1 aromatic rings. The second kappa shape index (κ2) is 5.59. The van der Waals surface area contributed by atoms with Gasteiger partial charge in [-0.1, -0.05) is 38.3 Å². The molecule has 4 heteroatoms. The van der Waals surface area contributed by atoms with Gasteiger partial charge >= 0.3 is 0 Å². The lowest BCUT2D eigenvalue weighted by Crippen LogP contribution is -2.47. The second-order valence-electron chi connectivity index (χ2n) is 6.66. The second-order valence-corrected chi connectivity index (χ2v) is 6.66. The summed E-state index contributed by atoms with van der Waals surface area (Å²) in [4.78, 5) is 5.68. The van der Waals surface area contributed by atoms with E-state index in [-0.39, 0.29) is 11.5 Å². The maximum atomic E-state index is 11.0. The summed E-state index contributed by atoms with van der Waals surface area (Å²) in [5, 5.41) is 11.0. The molecule has 116 valence electrons.